The Morgan fingerprint density at radius 1 is 0.900 bits per heavy atom. The van der Waals surface area contributed by atoms with Crippen molar-refractivity contribution in [2.24, 2.45) is 0 Å². The molecule has 0 aliphatic carbocycles. The minimum absolute atomic E-state index is 0.199. The van der Waals surface area contributed by atoms with E-state index in [1.165, 1.54) is 0 Å². The van der Waals surface area contributed by atoms with Crippen LogP contribution in [0.25, 0.3) is 0 Å². The molecule has 0 saturated heterocycles. The van der Waals surface area contributed by atoms with E-state index in [0.29, 0.717) is 0 Å². The van der Waals surface area contributed by atoms with E-state index >= 15 is 0 Å². The van der Waals surface area contributed by atoms with Gasteiger partial charge in [0.25, 0.3) is 11.8 Å². The minimum atomic E-state index is -1.26. The molecule has 2 N–H and O–H groups in total. The van der Waals surface area contributed by atoms with Crippen molar-refractivity contribution in [3.8, 4) is 0 Å². The second kappa shape index (κ2) is 7.97. The lowest BCUT2D eigenvalue weighted by Crippen LogP contribution is -2.61. The van der Waals surface area contributed by atoms with Crippen molar-refractivity contribution in [2.75, 3.05) is 13.1 Å². The second-order valence-electron chi connectivity index (χ2n) is 9.31. The van der Waals surface area contributed by atoms with Crippen LogP contribution in [0.5, 0.6) is 0 Å². The van der Waals surface area contributed by atoms with Gasteiger partial charge in [0.1, 0.15) is 0 Å². The number of hydrogen-bond donors (Lipinski definition) is 2. The molecule has 0 aromatic heterocycles. The number of nitrogens with zero attached hydrogens (tertiary/aromatic N) is 3. The van der Waals surface area contributed by atoms with Gasteiger partial charge in [0, 0.05) is 17.6 Å². The monoisotopic (exact) mass is 419 g/mol. The van der Waals surface area contributed by atoms with Crippen LogP contribution in [0.1, 0.15) is 62.3 Å². The zero-order valence-corrected chi connectivity index (χ0v) is 18.2. The Morgan fingerprint density at radius 3 is 1.70 bits per heavy atom. The molecule has 9 nitrogen and oxygen atoms in total. The lowest BCUT2D eigenvalue weighted by molar-refractivity contribution is 0.0225. The molecule has 2 rings (SSSR count). The van der Waals surface area contributed by atoms with Crippen molar-refractivity contribution in [3.05, 3.63) is 35.4 Å². The lowest BCUT2D eigenvalue weighted by atomic mass is 10.0. The van der Waals surface area contributed by atoms with Crippen LogP contribution in [0.2, 0.25) is 0 Å². The SMILES string of the molecule is CC(C)(C)N(C[C@@H](CN1C(=O)c2ccccc2C1=O)N(C(=O)O)C(C)(C)C)C(=O)O. The van der Waals surface area contributed by atoms with Gasteiger partial charge in [-0.15, -0.1) is 0 Å². The summed E-state index contributed by atoms with van der Waals surface area (Å²) in [4.78, 5) is 52.8. The van der Waals surface area contributed by atoms with E-state index in [4.69, 9.17) is 0 Å². The van der Waals surface area contributed by atoms with E-state index < -0.39 is 41.1 Å². The van der Waals surface area contributed by atoms with Gasteiger partial charge in [0.2, 0.25) is 0 Å². The van der Waals surface area contributed by atoms with E-state index in [9.17, 15) is 29.4 Å². The molecule has 1 aliphatic heterocycles. The fourth-order valence-electron chi connectivity index (χ4n) is 3.68. The van der Waals surface area contributed by atoms with E-state index in [0.717, 1.165) is 14.7 Å². The molecule has 0 saturated carbocycles. The van der Waals surface area contributed by atoms with Crippen molar-refractivity contribution in [1.82, 2.24) is 14.7 Å². The third-order valence-electron chi connectivity index (χ3n) is 5.00. The van der Waals surface area contributed by atoms with Crippen LogP contribution in [0.4, 0.5) is 9.59 Å². The van der Waals surface area contributed by atoms with Crippen molar-refractivity contribution in [2.45, 2.75) is 58.7 Å². The van der Waals surface area contributed by atoms with Gasteiger partial charge >= 0.3 is 12.2 Å². The van der Waals surface area contributed by atoms with E-state index in [1.807, 2.05) is 0 Å². The number of benzene rings is 1. The van der Waals surface area contributed by atoms with Gasteiger partial charge in [0.15, 0.2) is 0 Å². The number of fused-ring (bicyclic) bond motifs is 1. The molecular weight excluding hydrogens is 390 g/mol. The predicted octanol–water partition coefficient (Wildman–Crippen LogP) is 3.21. The molecule has 1 aliphatic rings. The number of carbonyl (C=O) groups excluding carboxylic acids is 2. The molecule has 1 atom stereocenters. The Kier molecular flexibility index (Phi) is 6.15. The molecule has 4 amide bonds. The second-order valence-corrected chi connectivity index (χ2v) is 9.31. The fraction of sp³-hybridized carbons (Fsp3) is 0.524. The Bertz CT molecular complexity index is 833. The normalized spacial score (nSPS) is 15.1. The lowest BCUT2D eigenvalue weighted by Gasteiger charge is -2.44. The van der Waals surface area contributed by atoms with E-state index in [-0.39, 0.29) is 24.2 Å². The summed E-state index contributed by atoms with van der Waals surface area (Å²) in [6.07, 6.45) is -2.47. The van der Waals surface area contributed by atoms with Gasteiger partial charge in [0.05, 0.1) is 23.7 Å². The first-order valence-corrected chi connectivity index (χ1v) is 9.64. The van der Waals surface area contributed by atoms with Crippen molar-refractivity contribution >= 4 is 24.0 Å². The highest BCUT2D eigenvalue weighted by atomic mass is 16.4. The number of carboxylic acid groups (broad SMARTS) is 2. The molecule has 1 heterocycles. The third-order valence-corrected chi connectivity index (χ3v) is 5.00. The van der Waals surface area contributed by atoms with Crippen LogP contribution in [0, 0.1) is 0 Å². The Morgan fingerprint density at radius 2 is 1.37 bits per heavy atom. The first-order chi connectivity index (χ1) is 13.7. The molecule has 1 aromatic carbocycles. The summed E-state index contributed by atoms with van der Waals surface area (Å²) in [5, 5.41) is 19.6. The summed E-state index contributed by atoms with van der Waals surface area (Å²) in [5.41, 5.74) is -1.19. The molecule has 0 spiro atoms. The summed E-state index contributed by atoms with van der Waals surface area (Å²) < 4.78 is 0. The van der Waals surface area contributed by atoms with Crippen LogP contribution in [-0.4, -0.2) is 79.1 Å². The van der Waals surface area contributed by atoms with Gasteiger partial charge in [-0.05, 0) is 53.7 Å². The summed E-state index contributed by atoms with van der Waals surface area (Å²) in [6.45, 7) is 9.68. The van der Waals surface area contributed by atoms with Crippen molar-refractivity contribution < 1.29 is 29.4 Å². The highest BCUT2D eigenvalue weighted by Gasteiger charge is 2.43. The molecule has 1 aromatic rings. The zero-order valence-electron chi connectivity index (χ0n) is 18.2. The van der Waals surface area contributed by atoms with Gasteiger partial charge in [-0.1, -0.05) is 12.1 Å². The average Bonchev–Trinajstić information content (AvgIpc) is 2.82. The summed E-state index contributed by atoms with van der Waals surface area (Å²) in [6, 6.07) is 5.43. The number of hydrogen-bond acceptors (Lipinski definition) is 4. The minimum Gasteiger partial charge on any atom is -0.465 e. The maximum Gasteiger partial charge on any atom is 0.408 e. The smallest absolute Gasteiger partial charge is 0.408 e. The molecule has 0 bridgehead atoms. The molecule has 0 radical (unpaired) electrons. The fourth-order valence-corrected chi connectivity index (χ4v) is 3.68. The molecular formula is C21H29N3O6. The molecule has 9 heteroatoms. The summed E-state index contributed by atoms with van der Waals surface area (Å²) in [5.74, 6) is -1.03. The first kappa shape index (κ1) is 23.2. The van der Waals surface area contributed by atoms with Gasteiger partial charge < -0.3 is 15.1 Å². The van der Waals surface area contributed by atoms with Crippen LogP contribution in [0.15, 0.2) is 24.3 Å². The Labute approximate surface area is 175 Å². The highest BCUT2D eigenvalue weighted by molar-refractivity contribution is 6.21. The predicted molar refractivity (Wildman–Crippen MR) is 110 cm³/mol. The topological polar surface area (TPSA) is 118 Å². The Balaban J connectivity index is 2.46. The van der Waals surface area contributed by atoms with Crippen LogP contribution in [0.3, 0.4) is 0 Å². The van der Waals surface area contributed by atoms with Gasteiger partial charge in [-0.2, -0.15) is 0 Å². The maximum atomic E-state index is 12.8. The summed E-state index contributed by atoms with van der Waals surface area (Å²) in [7, 11) is 0. The standard InChI is InChI=1S/C21H29N3O6/c1-20(2,3)23(18(27)28)12-13(24(19(29)30)21(4,5)6)11-22-16(25)14-9-7-8-10-15(14)17(22)26/h7-10,13H,11-12H2,1-6H3,(H,27,28)(H,29,30)/t13-/m1/s1. The Hall–Kier alpha value is -3.10. The number of imide groups is 1. The van der Waals surface area contributed by atoms with E-state index in [1.54, 1.807) is 65.8 Å². The van der Waals surface area contributed by atoms with Gasteiger partial charge in [-0.3, -0.25) is 19.4 Å². The first-order valence-electron chi connectivity index (χ1n) is 9.64. The summed E-state index contributed by atoms with van der Waals surface area (Å²) >= 11 is 0. The van der Waals surface area contributed by atoms with Crippen molar-refractivity contribution in [1.29, 1.82) is 0 Å². The number of rotatable bonds is 5. The molecule has 0 unspecified atom stereocenters. The average molecular weight is 419 g/mol. The quantitative estimate of drug-likeness (QED) is 0.708. The molecule has 30 heavy (non-hydrogen) atoms. The van der Waals surface area contributed by atoms with Crippen LogP contribution >= 0.6 is 0 Å². The number of carbonyl (C=O) groups is 4. The molecule has 164 valence electrons. The van der Waals surface area contributed by atoms with E-state index in [2.05, 4.69) is 0 Å². The largest absolute Gasteiger partial charge is 0.465 e. The molecule has 0 fully saturated rings. The zero-order chi connectivity index (χ0) is 23.0. The maximum absolute atomic E-state index is 12.8. The van der Waals surface area contributed by atoms with Crippen LogP contribution in [-0.2, 0) is 0 Å². The highest BCUT2D eigenvalue weighted by Crippen LogP contribution is 2.27. The number of amides is 4. The van der Waals surface area contributed by atoms with Crippen molar-refractivity contribution in [3.63, 3.8) is 0 Å². The third kappa shape index (κ3) is 4.55. The van der Waals surface area contributed by atoms with Gasteiger partial charge in [-0.25, -0.2) is 9.59 Å². The van der Waals surface area contributed by atoms with Crippen LogP contribution < -0.4 is 0 Å².